The summed E-state index contributed by atoms with van der Waals surface area (Å²) in [4.78, 5) is 13.2. The van der Waals surface area contributed by atoms with Crippen LogP contribution in [-0.2, 0) is 4.79 Å². The molecular weight excluding hydrogens is 168 g/mol. The van der Waals surface area contributed by atoms with Gasteiger partial charge in [-0.2, -0.15) is 0 Å². The van der Waals surface area contributed by atoms with Gasteiger partial charge in [-0.25, -0.2) is 5.06 Å². The Labute approximate surface area is 80.1 Å². The maximum atomic E-state index is 11.2. The van der Waals surface area contributed by atoms with Crippen LogP contribution in [0.1, 0.15) is 27.7 Å². The lowest BCUT2D eigenvalue weighted by molar-refractivity contribution is -0.161. The van der Waals surface area contributed by atoms with Crippen molar-refractivity contribution in [2.75, 3.05) is 13.6 Å². The maximum absolute atomic E-state index is 11.2. The Hall–Kier alpha value is -0.610. The minimum atomic E-state index is -0.276. The van der Waals surface area contributed by atoms with Crippen molar-refractivity contribution in [1.82, 2.24) is 9.96 Å². The molecule has 1 amide bonds. The maximum Gasteiger partial charge on any atom is 0.259 e. The summed E-state index contributed by atoms with van der Waals surface area (Å²) in [6.07, 6.45) is 0. The second-order valence-electron chi connectivity index (χ2n) is 3.78. The third kappa shape index (κ3) is 4.24. The van der Waals surface area contributed by atoms with Gasteiger partial charge in [-0.3, -0.25) is 14.9 Å². The number of amides is 1. The van der Waals surface area contributed by atoms with E-state index in [2.05, 4.69) is 0 Å². The van der Waals surface area contributed by atoms with Crippen molar-refractivity contribution in [3.63, 3.8) is 0 Å². The van der Waals surface area contributed by atoms with E-state index in [9.17, 15) is 4.79 Å². The number of hydrogen-bond acceptors (Lipinski definition) is 3. The molecule has 0 unspecified atom stereocenters. The van der Waals surface area contributed by atoms with Gasteiger partial charge in [0.25, 0.3) is 5.91 Å². The van der Waals surface area contributed by atoms with Crippen molar-refractivity contribution in [1.29, 1.82) is 0 Å². The Balaban J connectivity index is 4.19. The second kappa shape index (κ2) is 5.19. The summed E-state index contributed by atoms with van der Waals surface area (Å²) in [6, 6.07) is 0.618. The predicted octanol–water partition coefficient (Wildman–Crippen LogP) is 0.953. The monoisotopic (exact) mass is 188 g/mol. The highest BCUT2D eigenvalue weighted by molar-refractivity contribution is 5.76. The van der Waals surface area contributed by atoms with Crippen molar-refractivity contribution in [2.45, 2.75) is 39.8 Å². The molecule has 0 spiro atoms. The minimum Gasteiger partial charge on any atom is -0.290 e. The molecule has 0 bridgehead atoms. The standard InChI is InChI=1S/C9H20N2O2/c1-7(2)11(8(3)4)6-9(12)10(5)13/h7-8,13H,6H2,1-5H3. The van der Waals surface area contributed by atoms with Crippen LogP contribution in [0.15, 0.2) is 0 Å². The van der Waals surface area contributed by atoms with Crippen molar-refractivity contribution in [3.05, 3.63) is 0 Å². The summed E-state index contributed by atoms with van der Waals surface area (Å²) in [5.41, 5.74) is 0. The zero-order chi connectivity index (χ0) is 10.6. The van der Waals surface area contributed by atoms with Crippen molar-refractivity contribution < 1.29 is 10.0 Å². The average molecular weight is 188 g/mol. The molecule has 4 heteroatoms. The SMILES string of the molecule is CC(C)N(CC(=O)N(C)O)C(C)C. The highest BCUT2D eigenvalue weighted by Crippen LogP contribution is 2.04. The fourth-order valence-corrected chi connectivity index (χ4v) is 1.22. The lowest BCUT2D eigenvalue weighted by atomic mass is 10.2. The molecule has 0 aliphatic rings. The number of likely N-dealkylation sites (N-methyl/N-ethyl adjacent to an activating group) is 1. The summed E-state index contributed by atoms with van der Waals surface area (Å²) in [5, 5.41) is 9.53. The molecule has 0 saturated carbocycles. The van der Waals surface area contributed by atoms with E-state index < -0.39 is 0 Å². The fraction of sp³-hybridized carbons (Fsp3) is 0.889. The van der Waals surface area contributed by atoms with Crippen LogP contribution in [0.25, 0.3) is 0 Å². The van der Waals surface area contributed by atoms with Crippen LogP contribution in [0.4, 0.5) is 0 Å². The van der Waals surface area contributed by atoms with Gasteiger partial charge < -0.3 is 0 Å². The molecule has 0 aromatic heterocycles. The van der Waals surface area contributed by atoms with Crippen LogP contribution in [0, 0.1) is 0 Å². The van der Waals surface area contributed by atoms with Crippen LogP contribution in [0.2, 0.25) is 0 Å². The van der Waals surface area contributed by atoms with E-state index in [0.29, 0.717) is 17.1 Å². The molecule has 13 heavy (non-hydrogen) atoms. The van der Waals surface area contributed by atoms with Crippen molar-refractivity contribution in [3.8, 4) is 0 Å². The van der Waals surface area contributed by atoms with Crippen molar-refractivity contribution in [2.24, 2.45) is 0 Å². The third-order valence-electron chi connectivity index (χ3n) is 2.01. The Morgan fingerprint density at radius 1 is 1.23 bits per heavy atom. The Morgan fingerprint density at radius 3 is 1.85 bits per heavy atom. The van der Waals surface area contributed by atoms with E-state index in [4.69, 9.17) is 5.21 Å². The molecule has 1 N–H and O–H groups in total. The van der Waals surface area contributed by atoms with Gasteiger partial charge in [-0.05, 0) is 27.7 Å². The largest absolute Gasteiger partial charge is 0.290 e. The smallest absolute Gasteiger partial charge is 0.259 e. The van der Waals surface area contributed by atoms with Crippen LogP contribution in [-0.4, -0.2) is 46.8 Å². The molecule has 0 heterocycles. The number of carbonyl (C=O) groups is 1. The van der Waals surface area contributed by atoms with E-state index in [1.165, 1.54) is 7.05 Å². The second-order valence-corrected chi connectivity index (χ2v) is 3.78. The number of hydrogen-bond donors (Lipinski definition) is 1. The summed E-state index contributed by atoms with van der Waals surface area (Å²) in [6.45, 7) is 8.40. The Kier molecular flexibility index (Phi) is 4.95. The van der Waals surface area contributed by atoms with Crippen LogP contribution >= 0.6 is 0 Å². The molecule has 0 saturated heterocycles. The lowest BCUT2D eigenvalue weighted by Gasteiger charge is -2.30. The molecule has 0 rings (SSSR count). The first-order valence-corrected chi connectivity index (χ1v) is 4.57. The summed E-state index contributed by atoms with van der Waals surface area (Å²) < 4.78 is 0. The fourth-order valence-electron chi connectivity index (χ4n) is 1.22. The van der Waals surface area contributed by atoms with Crippen molar-refractivity contribution >= 4 is 5.91 Å². The topological polar surface area (TPSA) is 43.8 Å². The van der Waals surface area contributed by atoms with Crippen LogP contribution < -0.4 is 0 Å². The molecule has 0 radical (unpaired) electrons. The Bertz CT molecular complexity index is 159. The quantitative estimate of drug-likeness (QED) is 0.528. The number of rotatable bonds is 4. The van der Waals surface area contributed by atoms with E-state index in [-0.39, 0.29) is 12.5 Å². The molecule has 0 fully saturated rings. The average Bonchev–Trinajstić information content (AvgIpc) is 1.97. The number of hydroxylamine groups is 2. The first kappa shape index (κ1) is 12.4. The highest BCUT2D eigenvalue weighted by atomic mass is 16.5. The molecule has 0 atom stereocenters. The van der Waals surface area contributed by atoms with E-state index >= 15 is 0 Å². The highest BCUT2D eigenvalue weighted by Gasteiger charge is 2.18. The minimum absolute atomic E-state index is 0.266. The van der Waals surface area contributed by atoms with Gasteiger partial charge in [0, 0.05) is 19.1 Å². The zero-order valence-electron chi connectivity index (χ0n) is 9.11. The normalized spacial score (nSPS) is 11.5. The molecule has 78 valence electrons. The number of nitrogens with zero attached hydrogens (tertiary/aromatic N) is 2. The van der Waals surface area contributed by atoms with E-state index in [0.717, 1.165) is 0 Å². The lowest BCUT2D eigenvalue weighted by Crippen LogP contribution is -2.44. The van der Waals surface area contributed by atoms with E-state index in [1.807, 2.05) is 32.6 Å². The van der Waals surface area contributed by atoms with E-state index in [1.54, 1.807) is 0 Å². The first-order chi connectivity index (χ1) is 5.86. The van der Waals surface area contributed by atoms with Gasteiger partial charge in [0.05, 0.1) is 6.54 Å². The molecule has 0 aromatic carbocycles. The summed E-state index contributed by atoms with van der Waals surface area (Å²) in [7, 11) is 1.35. The van der Waals surface area contributed by atoms with Gasteiger partial charge in [0.15, 0.2) is 0 Å². The molecule has 0 aromatic rings. The molecular formula is C9H20N2O2. The van der Waals surface area contributed by atoms with Gasteiger partial charge in [-0.1, -0.05) is 0 Å². The number of carbonyl (C=O) groups excluding carboxylic acids is 1. The van der Waals surface area contributed by atoms with Crippen LogP contribution in [0.5, 0.6) is 0 Å². The third-order valence-corrected chi connectivity index (χ3v) is 2.01. The van der Waals surface area contributed by atoms with Gasteiger partial charge in [0.1, 0.15) is 0 Å². The molecule has 0 aliphatic heterocycles. The molecule has 0 aliphatic carbocycles. The first-order valence-electron chi connectivity index (χ1n) is 4.57. The summed E-state index contributed by atoms with van der Waals surface area (Å²) in [5.74, 6) is -0.276. The van der Waals surface area contributed by atoms with Gasteiger partial charge >= 0.3 is 0 Å². The van der Waals surface area contributed by atoms with Crippen LogP contribution in [0.3, 0.4) is 0 Å². The summed E-state index contributed by atoms with van der Waals surface area (Å²) >= 11 is 0. The Morgan fingerprint density at radius 2 is 1.62 bits per heavy atom. The predicted molar refractivity (Wildman–Crippen MR) is 51.5 cm³/mol. The zero-order valence-corrected chi connectivity index (χ0v) is 9.11. The van der Waals surface area contributed by atoms with Gasteiger partial charge in [-0.15, -0.1) is 0 Å². The molecule has 4 nitrogen and oxygen atoms in total. The van der Waals surface area contributed by atoms with Gasteiger partial charge in [0.2, 0.25) is 0 Å².